The van der Waals surface area contributed by atoms with E-state index in [2.05, 4.69) is 27.2 Å². The Balaban J connectivity index is 1.42. The molecule has 1 N–H and O–H groups in total. The van der Waals surface area contributed by atoms with Crippen molar-refractivity contribution in [2.75, 3.05) is 52.9 Å². The minimum absolute atomic E-state index is 0.0295. The second-order valence-corrected chi connectivity index (χ2v) is 9.10. The van der Waals surface area contributed by atoms with Gasteiger partial charge in [-0.15, -0.1) is 11.3 Å². The number of halogens is 1. The zero-order chi connectivity index (χ0) is 22.2. The Hall–Kier alpha value is -2.29. The van der Waals surface area contributed by atoms with Crippen LogP contribution in [0.5, 0.6) is 0 Å². The van der Waals surface area contributed by atoms with Crippen LogP contribution in [0.2, 0.25) is 0 Å². The molecule has 2 amide bonds. The van der Waals surface area contributed by atoms with E-state index in [9.17, 15) is 14.0 Å². The van der Waals surface area contributed by atoms with Gasteiger partial charge in [0.1, 0.15) is 5.82 Å². The normalized spacial score (nSPS) is 15.1. The summed E-state index contributed by atoms with van der Waals surface area (Å²) in [5.41, 5.74) is 0.909. The summed E-state index contributed by atoms with van der Waals surface area (Å²) in [5.74, 6) is -0.362. The molecule has 1 aliphatic rings. The molecule has 1 fully saturated rings. The molecule has 0 atom stereocenters. The first-order chi connectivity index (χ1) is 14.9. The number of carbonyl (C=O) groups is 2. The summed E-state index contributed by atoms with van der Waals surface area (Å²) in [6, 6.07) is 10.9. The average Bonchev–Trinajstić information content (AvgIpc) is 3.22. The SMILES string of the molecule is CCCNC(=O)CN(C)C(=O)CN1CCN(Cc2ccc(-c3cccc(F)c3)s2)CC1. The Kier molecular flexibility index (Phi) is 8.57. The number of hydrogen-bond acceptors (Lipinski definition) is 5. The number of piperazine rings is 1. The number of nitrogens with one attached hydrogen (secondary N) is 1. The van der Waals surface area contributed by atoms with Gasteiger partial charge in [0.05, 0.1) is 13.1 Å². The van der Waals surface area contributed by atoms with Gasteiger partial charge < -0.3 is 10.2 Å². The van der Waals surface area contributed by atoms with Crippen molar-refractivity contribution in [2.24, 2.45) is 0 Å². The Morgan fingerprint density at radius 3 is 2.58 bits per heavy atom. The van der Waals surface area contributed by atoms with Gasteiger partial charge in [-0.3, -0.25) is 19.4 Å². The second-order valence-electron chi connectivity index (χ2n) is 7.93. The Bertz CT molecular complexity index is 880. The Labute approximate surface area is 187 Å². The summed E-state index contributed by atoms with van der Waals surface area (Å²) in [7, 11) is 1.68. The van der Waals surface area contributed by atoms with E-state index in [1.807, 2.05) is 13.0 Å². The van der Waals surface area contributed by atoms with Gasteiger partial charge in [0, 0.05) is 56.1 Å². The summed E-state index contributed by atoms with van der Waals surface area (Å²) >= 11 is 1.69. The van der Waals surface area contributed by atoms with Crippen LogP contribution in [-0.2, 0) is 16.1 Å². The van der Waals surface area contributed by atoms with Gasteiger partial charge in [0.25, 0.3) is 0 Å². The molecule has 1 aromatic carbocycles. The van der Waals surface area contributed by atoms with Gasteiger partial charge in [-0.2, -0.15) is 0 Å². The molecular weight excluding hydrogens is 415 g/mol. The number of amides is 2. The number of rotatable bonds is 9. The molecule has 168 valence electrons. The van der Waals surface area contributed by atoms with Crippen LogP contribution in [0.3, 0.4) is 0 Å². The van der Waals surface area contributed by atoms with E-state index in [0.717, 1.165) is 49.6 Å². The molecule has 3 rings (SSSR count). The molecule has 1 aliphatic heterocycles. The van der Waals surface area contributed by atoms with Crippen molar-refractivity contribution in [1.29, 1.82) is 0 Å². The first kappa shape index (κ1) is 23.4. The fourth-order valence-electron chi connectivity index (χ4n) is 3.52. The van der Waals surface area contributed by atoms with Crippen LogP contribution in [-0.4, -0.2) is 79.4 Å². The lowest BCUT2D eigenvalue weighted by Crippen LogP contribution is -2.50. The van der Waals surface area contributed by atoms with Gasteiger partial charge in [-0.05, 0) is 36.2 Å². The third-order valence-corrected chi connectivity index (χ3v) is 6.47. The van der Waals surface area contributed by atoms with Crippen molar-refractivity contribution in [1.82, 2.24) is 20.0 Å². The first-order valence-electron chi connectivity index (χ1n) is 10.7. The summed E-state index contributed by atoms with van der Waals surface area (Å²) in [6.07, 6.45) is 0.880. The largest absolute Gasteiger partial charge is 0.355 e. The second kappa shape index (κ2) is 11.4. The highest BCUT2D eigenvalue weighted by Gasteiger charge is 2.21. The summed E-state index contributed by atoms with van der Waals surface area (Å²) in [5, 5.41) is 2.79. The lowest BCUT2D eigenvalue weighted by atomic mass is 10.2. The predicted octanol–water partition coefficient (Wildman–Crippen LogP) is 2.66. The summed E-state index contributed by atoms with van der Waals surface area (Å²) in [4.78, 5) is 32.6. The minimum Gasteiger partial charge on any atom is -0.355 e. The number of carbonyl (C=O) groups excluding carboxylic acids is 2. The fraction of sp³-hybridized carbons (Fsp3) is 0.478. The molecule has 0 unspecified atom stereocenters. The molecule has 6 nitrogen and oxygen atoms in total. The van der Waals surface area contributed by atoms with E-state index < -0.39 is 0 Å². The van der Waals surface area contributed by atoms with Crippen LogP contribution < -0.4 is 5.32 Å². The lowest BCUT2D eigenvalue weighted by molar-refractivity contribution is -0.136. The zero-order valence-electron chi connectivity index (χ0n) is 18.3. The van der Waals surface area contributed by atoms with Crippen LogP contribution in [0.1, 0.15) is 18.2 Å². The molecule has 2 aromatic rings. The van der Waals surface area contributed by atoms with Crippen LogP contribution in [0, 0.1) is 5.82 Å². The van der Waals surface area contributed by atoms with Crippen molar-refractivity contribution in [2.45, 2.75) is 19.9 Å². The number of benzene rings is 1. The van der Waals surface area contributed by atoms with Gasteiger partial charge >= 0.3 is 0 Å². The zero-order valence-corrected chi connectivity index (χ0v) is 19.1. The molecule has 0 spiro atoms. The lowest BCUT2D eigenvalue weighted by Gasteiger charge is -2.34. The van der Waals surface area contributed by atoms with Crippen LogP contribution in [0.25, 0.3) is 10.4 Å². The predicted molar refractivity (Wildman–Crippen MR) is 122 cm³/mol. The Morgan fingerprint density at radius 1 is 1.13 bits per heavy atom. The molecular formula is C23H31FN4O2S. The molecule has 0 bridgehead atoms. The highest BCUT2D eigenvalue weighted by molar-refractivity contribution is 7.15. The van der Waals surface area contributed by atoms with E-state index in [-0.39, 0.29) is 24.2 Å². The quantitative estimate of drug-likeness (QED) is 0.644. The number of thiophene rings is 1. The van der Waals surface area contributed by atoms with Crippen molar-refractivity contribution < 1.29 is 14.0 Å². The summed E-state index contributed by atoms with van der Waals surface area (Å²) in [6.45, 7) is 7.36. The van der Waals surface area contributed by atoms with Gasteiger partial charge in [0.15, 0.2) is 0 Å². The van der Waals surface area contributed by atoms with Crippen LogP contribution in [0.15, 0.2) is 36.4 Å². The number of likely N-dealkylation sites (N-methyl/N-ethyl adjacent to an activating group) is 1. The summed E-state index contributed by atoms with van der Waals surface area (Å²) < 4.78 is 13.5. The fourth-order valence-corrected chi connectivity index (χ4v) is 4.57. The third-order valence-electron chi connectivity index (χ3n) is 5.35. The van der Waals surface area contributed by atoms with E-state index in [4.69, 9.17) is 0 Å². The standard InChI is InChI=1S/C23H31FN4O2S/c1-3-9-25-22(29)16-26(2)23(30)17-28-12-10-27(11-13-28)15-20-7-8-21(31-20)18-5-4-6-19(24)14-18/h4-8,14H,3,9-13,15-17H2,1-2H3,(H,25,29). The van der Waals surface area contributed by atoms with Crippen molar-refractivity contribution in [3.8, 4) is 10.4 Å². The third kappa shape index (κ3) is 7.12. The maximum absolute atomic E-state index is 13.5. The molecule has 1 aromatic heterocycles. The smallest absolute Gasteiger partial charge is 0.239 e. The maximum Gasteiger partial charge on any atom is 0.239 e. The van der Waals surface area contributed by atoms with E-state index in [1.165, 1.54) is 15.8 Å². The van der Waals surface area contributed by atoms with Gasteiger partial charge in [-0.1, -0.05) is 19.1 Å². The van der Waals surface area contributed by atoms with Gasteiger partial charge in [-0.25, -0.2) is 4.39 Å². The number of nitrogens with zero attached hydrogens (tertiary/aromatic N) is 3. The van der Waals surface area contributed by atoms with E-state index in [0.29, 0.717) is 13.1 Å². The molecule has 1 saturated heterocycles. The topological polar surface area (TPSA) is 55.9 Å². The molecule has 31 heavy (non-hydrogen) atoms. The van der Waals surface area contributed by atoms with Crippen molar-refractivity contribution in [3.05, 3.63) is 47.1 Å². The highest BCUT2D eigenvalue weighted by Crippen LogP contribution is 2.29. The number of hydrogen-bond donors (Lipinski definition) is 1. The van der Waals surface area contributed by atoms with Crippen molar-refractivity contribution in [3.63, 3.8) is 0 Å². The monoisotopic (exact) mass is 446 g/mol. The maximum atomic E-state index is 13.5. The van der Waals surface area contributed by atoms with Crippen molar-refractivity contribution >= 4 is 23.2 Å². The van der Waals surface area contributed by atoms with E-state index >= 15 is 0 Å². The molecule has 0 aliphatic carbocycles. The van der Waals surface area contributed by atoms with Crippen LogP contribution >= 0.6 is 11.3 Å². The molecule has 0 radical (unpaired) electrons. The van der Waals surface area contributed by atoms with Gasteiger partial charge in [0.2, 0.25) is 11.8 Å². The average molecular weight is 447 g/mol. The highest BCUT2D eigenvalue weighted by atomic mass is 32.1. The van der Waals surface area contributed by atoms with Crippen LogP contribution in [0.4, 0.5) is 4.39 Å². The van der Waals surface area contributed by atoms with E-state index in [1.54, 1.807) is 30.5 Å². The molecule has 2 heterocycles. The first-order valence-corrected chi connectivity index (χ1v) is 11.6. The Morgan fingerprint density at radius 2 is 1.87 bits per heavy atom. The molecule has 8 heteroatoms. The minimum atomic E-state index is -0.217. The molecule has 0 saturated carbocycles.